The van der Waals surface area contributed by atoms with E-state index in [0.29, 0.717) is 0 Å². The maximum atomic E-state index is 12.0. The number of carboxylic acids is 1. The van der Waals surface area contributed by atoms with E-state index in [1.54, 1.807) is 25.1 Å². The molecule has 0 radical (unpaired) electrons. The Labute approximate surface area is 106 Å². The molecule has 100 valence electrons. The normalized spacial score (nSPS) is 15.0. The molecule has 4 N–H and O–H groups in total. The summed E-state index contributed by atoms with van der Waals surface area (Å²) in [7, 11) is -3.85. The van der Waals surface area contributed by atoms with Gasteiger partial charge in [0.1, 0.15) is 6.04 Å². The Morgan fingerprint density at radius 3 is 2.39 bits per heavy atom. The van der Waals surface area contributed by atoms with Gasteiger partial charge in [-0.15, -0.1) is 0 Å². The van der Waals surface area contributed by atoms with Gasteiger partial charge in [-0.3, -0.25) is 4.79 Å². The molecule has 1 unspecified atom stereocenters. The molecule has 18 heavy (non-hydrogen) atoms. The highest BCUT2D eigenvalue weighted by atomic mass is 32.2. The zero-order valence-corrected chi connectivity index (χ0v) is 10.7. The number of carbonyl (C=O) groups is 1. The quantitative estimate of drug-likeness (QED) is 0.676. The lowest BCUT2D eigenvalue weighted by atomic mass is 10.0. The van der Waals surface area contributed by atoms with Crippen LogP contribution in [0, 0.1) is 5.92 Å². The Balaban J connectivity index is 2.97. The molecule has 2 atom stereocenters. The summed E-state index contributed by atoms with van der Waals surface area (Å²) in [6, 6.07) is 6.37. The van der Waals surface area contributed by atoms with Gasteiger partial charge in [0.05, 0.1) is 4.90 Å². The molecule has 6 nitrogen and oxygen atoms in total. The van der Waals surface area contributed by atoms with Crippen molar-refractivity contribution < 1.29 is 18.3 Å². The van der Waals surface area contributed by atoms with Crippen LogP contribution in [0.15, 0.2) is 35.2 Å². The zero-order chi connectivity index (χ0) is 13.8. The summed E-state index contributed by atoms with van der Waals surface area (Å²) in [5, 5.41) is 9.00. The van der Waals surface area contributed by atoms with Crippen LogP contribution in [0.2, 0.25) is 0 Å². The monoisotopic (exact) mass is 272 g/mol. The first-order chi connectivity index (χ1) is 8.38. The number of carboxylic acid groups (broad SMARTS) is 1. The lowest BCUT2D eigenvalue weighted by molar-refractivity contribution is -0.140. The summed E-state index contributed by atoms with van der Waals surface area (Å²) >= 11 is 0. The Kier molecular flexibility index (Phi) is 4.83. The third-order valence-corrected chi connectivity index (χ3v) is 4.00. The fraction of sp³-hybridized carbons (Fsp3) is 0.364. The van der Waals surface area contributed by atoms with Crippen LogP contribution in [-0.4, -0.2) is 32.1 Å². The summed E-state index contributed by atoms with van der Waals surface area (Å²) < 4.78 is 26.1. The van der Waals surface area contributed by atoms with Crippen LogP contribution in [0.3, 0.4) is 0 Å². The third-order valence-electron chi connectivity index (χ3n) is 2.54. The number of benzene rings is 1. The van der Waals surface area contributed by atoms with Gasteiger partial charge in [0.25, 0.3) is 0 Å². The third kappa shape index (κ3) is 3.52. The second-order valence-electron chi connectivity index (χ2n) is 3.96. The van der Waals surface area contributed by atoms with E-state index in [4.69, 9.17) is 10.8 Å². The van der Waals surface area contributed by atoms with Gasteiger partial charge in [0, 0.05) is 0 Å². The van der Waals surface area contributed by atoms with Crippen molar-refractivity contribution in [3.05, 3.63) is 30.3 Å². The van der Waals surface area contributed by atoms with E-state index in [9.17, 15) is 13.2 Å². The number of nitrogens with one attached hydrogen (secondary N) is 1. The average molecular weight is 272 g/mol. The van der Waals surface area contributed by atoms with Crippen LogP contribution in [-0.2, 0) is 14.8 Å². The van der Waals surface area contributed by atoms with Gasteiger partial charge in [-0.1, -0.05) is 25.1 Å². The van der Waals surface area contributed by atoms with Crippen LogP contribution in [0.4, 0.5) is 0 Å². The van der Waals surface area contributed by atoms with Crippen molar-refractivity contribution in [1.29, 1.82) is 0 Å². The first-order valence-corrected chi connectivity index (χ1v) is 6.87. The van der Waals surface area contributed by atoms with Crippen molar-refractivity contribution in [2.75, 3.05) is 6.54 Å². The van der Waals surface area contributed by atoms with Crippen molar-refractivity contribution in [2.45, 2.75) is 17.9 Å². The van der Waals surface area contributed by atoms with Crippen molar-refractivity contribution in [1.82, 2.24) is 4.72 Å². The van der Waals surface area contributed by atoms with Gasteiger partial charge in [-0.25, -0.2) is 8.42 Å². The summed E-state index contributed by atoms with van der Waals surface area (Å²) in [5.74, 6) is -1.74. The Hall–Kier alpha value is -1.44. The second-order valence-corrected chi connectivity index (χ2v) is 5.68. The number of hydrogen-bond acceptors (Lipinski definition) is 4. The first kappa shape index (κ1) is 14.6. The molecule has 0 saturated carbocycles. The van der Waals surface area contributed by atoms with Gasteiger partial charge >= 0.3 is 5.97 Å². The number of aliphatic carboxylic acids is 1. The van der Waals surface area contributed by atoms with E-state index >= 15 is 0 Å². The predicted molar refractivity (Wildman–Crippen MR) is 66.4 cm³/mol. The van der Waals surface area contributed by atoms with Gasteiger partial charge < -0.3 is 10.8 Å². The highest BCUT2D eigenvalue weighted by molar-refractivity contribution is 7.89. The first-order valence-electron chi connectivity index (χ1n) is 5.38. The molecule has 0 fully saturated rings. The SMILES string of the molecule is CC(CN)[C@@H](NS(=O)(=O)c1ccccc1)C(=O)O. The lowest BCUT2D eigenvalue weighted by Gasteiger charge is -2.19. The minimum absolute atomic E-state index is 0.0282. The number of hydrogen-bond donors (Lipinski definition) is 3. The van der Waals surface area contributed by atoms with E-state index in [1.165, 1.54) is 12.1 Å². The molecule has 0 saturated heterocycles. The van der Waals surface area contributed by atoms with E-state index in [1.807, 2.05) is 0 Å². The minimum Gasteiger partial charge on any atom is -0.480 e. The summed E-state index contributed by atoms with van der Waals surface area (Å²) in [6.45, 7) is 1.65. The fourth-order valence-electron chi connectivity index (χ4n) is 1.38. The van der Waals surface area contributed by atoms with E-state index < -0.39 is 28.0 Å². The van der Waals surface area contributed by atoms with E-state index in [0.717, 1.165) is 0 Å². The minimum atomic E-state index is -3.85. The highest BCUT2D eigenvalue weighted by Crippen LogP contribution is 2.11. The van der Waals surface area contributed by atoms with Crippen molar-refractivity contribution in [3.8, 4) is 0 Å². The molecule has 1 aromatic rings. The van der Waals surface area contributed by atoms with Gasteiger partial charge in [0.15, 0.2) is 0 Å². The molecule has 0 spiro atoms. The molecule has 0 heterocycles. The molecular weight excluding hydrogens is 256 g/mol. The number of sulfonamides is 1. The van der Waals surface area contributed by atoms with Crippen molar-refractivity contribution in [2.24, 2.45) is 11.7 Å². The standard InChI is InChI=1S/C11H16N2O4S/c1-8(7-12)10(11(14)15)13-18(16,17)9-5-3-2-4-6-9/h2-6,8,10,13H,7,12H2,1H3,(H,14,15)/t8?,10-/m1/s1. The van der Waals surface area contributed by atoms with Gasteiger partial charge in [-0.05, 0) is 24.6 Å². The van der Waals surface area contributed by atoms with E-state index in [-0.39, 0.29) is 11.4 Å². The van der Waals surface area contributed by atoms with Gasteiger partial charge in [-0.2, -0.15) is 4.72 Å². The Bertz CT molecular complexity index is 501. The second kappa shape index (κ2) is 5.94. The van der Waals surface area contributed by atoms with Crippen LogP contribution < -0.4 is 10.5 Å². The number of nitrogens with two attached hydrogens (primary N) is 1. The smallest absolute Gasteiger partial charge is 0.322 e. The molecule has 0 aliphatic heterocycles. The zero-order valence-electron chi connectivity index (χ0n) is 9.91. The molecule has 1 aromatic carbocycles. The maximum absolute atomic E-state index is 12.0. The molecule has 0 aliphatic carbocycles. The maximum Gasteiger partial charge on any atom is 0.322 e. The Morgan fingerprint density at radius 2 is 1.94 bits per heavy atom. The molecule has 7 heteroatoms. The topological polar surface area (TPSA) is 109 Å². The van der Waals surface area contributed by atoms with Crippen LogP contribution in [0.5, 0.6) is 0 Å². The van der Waals surface area contributed by atoms with Gasteiger partial charge in [0.2, 0.25) is 10.0 Å². The van der Waals surface area contributed by atoms with Crippen LogP contribution in [0.1, 0.15) is 6.92 Å². The summed E-state index contributed by atoms with van der Waals surface area (Å²) in [4.78, 5) is 11.1. The molecule has 0 bridgehead atoms. The molecule has 0 aliphatic rings. The number of rotatable bonds is 6. The highest BCUT2D eigenvalue weighted by Gasteiger charge is 2.29. The van der Waals surface area contributed by atoms with Crippen molar-refractivity contribution in [3.63, 3.8) is 0 Å². The lowest BCUT2D eigenvalue weighted by Crippen LogP contribution is -2.47. The summed E-state index contributed by atoms with van der Waals surface area (Å²) in [6.07, 6.45) is 0. The molecule has 1 rings (SSSR count). The predicted octanol–water partition coefficient (Wildman–Crippen LogP) is 0.0129. The van der Waals surface area contributed by atoms with Crippen LogP contribution >= 0.6 is 0 Å². The summed E-state index contributed by atoms with van der Waals surface area (Å²) in [5.41, 5.74) is 5.37. The van der Waals surface area contributed by atoms with Crippen molar-refractivity contribution >= 4 is 16.0 Å². The average Bonchev–Trinajstić information content (AvgIpc) is 2.36. The molecular formula is C11H16N2O4S. The van der Waals surface area contributed by atoms with Crippen LogP contribution in [0.25, 0.3) is 0 Å². The molecule has 0 amide bonds. The Morgan fingerprint density at radius 1 is 1.39 bits per heavy atom. The molecule has 0 aromatic heterocycles. The largest absolute Gasteiger partial charge is 0.480 e. The fourth-order valence-corrected chi connectivity index (χ4v) is 2.70. The van der Waals surface area contributed by atoms with E-state index in [2.05, 4.69) is 4.72 Å².